The van der Waals surface area contributed by atoms with Crippen LogP contribution in [0.3, 0.4) is 0 Å². The second-order valence-corrected chi connectivity index (χ2v) is 7.12. The fraction of sp³-hybridized carbons (Fsp3) is 0.368. The Morgan fingerprint density at radius 3 is 2.27 bits per heavy atom. The van der Waals surface area contributed by atoms with Crippen molar-refractivity contribution in [3.63, 3.8) is 0 Å². The molecule has 0 saturated carbocycles. The van der Waals surface area contributed by atoms with Crippen molar-refractivity contribution in [2.45, 2.75) is 31.7 Å². The summed E-state index contributed by atoms with van der Waals surface area (Å²) in [5.74, 6) is 1.08. The summed E-state index contributed by atoms with van der Waals surface area (Å²) in [5.41, 5.74) is 0.213. The molecule has 140 valence electrons. The van der Waals surface area contributed by atoms with Crippen LogP contribution < -0.4 is 15.0 Å². The molecule has 0 unspecified atom stereocenters. The minimum atomic E-state index is -0.716. The molecule has 0 radical (unpaired) electrons. The lowest BCUT2D eigenvalue weighted by Gasteiger charge is -2.21. The minimum Gasteiger partial charge on any atom is -0.497 e. The topological polar surface area (TPSA) is 66.8 Å². The van der Waals surface area contributed by atoms with Gasteiger partial charge in [0.25, 0.3) is 5.56 Å². The van der Waals surface area contributed by atoms with Crippen LogP contribution >= 0.6 is 15.9 Å². The molecule has 0 N–H and O–H groups in total. The SMILES string of the molecule is COc1ccc(-c2ccc(CBr)n(C(=O)OC(C)(C)C)c2=O)c(OC)c1. The molecule has 0 aliphatic rings. The highest BCUT2D eigenvalue weighted by Gasteiger charge is 2.23. The average Bonchev–Trinajstić information content (AvgIpc) is 2.59. The van der Waals surface area contributed by atoms with Crippen molar-refractivity contribution in [2.75, 3.05) is 14.2 Å². The van der Waals surface area contributed by atoms with Crippen molar-refractivity contribution in [3.8, 4) is 22.6 Å². The average molecular weight is 424 g/mol. The molecule has 0 saturated heterocycles. The molecule has 1 heterocycles. The number of carbonyl (C=O) groups excluding carboxylic acids is 1. The number of hydrogen-bond donors (Lipinski definition) is 0. The number of nitrogens with zero attached hydrogens (tertiary/aromatic N) is 1. The largest absolute Gasteiger partial charge is 0.497 e. The molecule has 2 rings (SSSR count). The minimum absolute atomic E-state index is 0.333. The van der Waals surface area contributed by atoms with Gasteiger partial charge in [-0.25, -0.2) is 9.36 Å². The Kier molecular flexibility index (Phi) is 6.13. The number of halogens is 1. The number of ether oxygens (including phenoxy) is 3. The van der Waals surface area contributed by atoms with Gasteiger partial charge in [-0.1, -0.05) is 15.9 Å². The third kappa shape index (κ3) is 4.27. The van der Waals surface area contributed by atoms with Crippen LogP contribution in [0.5, 0.6) is 11.5 Å². The quantitative estimate of drug-likeness (QED) is 0.688. The van der Waals surface area contributed by atoms with Crippen molar-refractivity contribution in [1.29, 1.82) is 0 Å². The lowest BCUT2D eigenvalue weighted by atomic mass is 10.1. The van der Waals surface area contributed by atoms with Gasteiger partial charge in [0.05, 0.1) is 19.8 Å². The van der Waals surface area contributed by atoms with Gasteiger partial charge >= 0.3 is 6.09 Å². The first-order chi connectivity index (χ1) is 12.2. The Morgan fingerprint density at radius 1 is 1.08 bits per heavy atom. The van der Waals surface area contributed by atoms with Gasteiger partial charge in [-0.05, 0) is 45.0 Å². The lowest BCUT2D eigenvalue weighted by molar-refractivity contribution is 0.0527. The lowest BCUT2D eigenvalue weighted by Crippen LogP contribution is -2.35. The standard InChI is InChI=1S/C19H22BrNO5/c1-19(2,3)26-18(23)21-12(11-20)6-8-15(17(21)22)14-9-7-13(24-4)10-16(14)25-5/h6-10H,11H2,1-5H3. The van der Waals surface area contributed by atoms with Crippen molar-refractivity contribution in [1.82, 2.24) is 4.57 Å². The molecular formula is C19H22BrNO5. The predicted molar refractivity (Wildman–Crippen MR) is 104 cm³/mol. The van der Waals surface area contributed by atoms with Crippen molar-refractivity contribution < 1.29 is 19.0 Å². The molecule has 0 spiro atoms. The number of rotatable bonds is 4. The molecule has 0 amide bonds. The predicted octanol–water partition coefficient (Wildman–Crippen LogP) is 4.21. The van der Waals surface area contributed by atoms with Gasteiger partial charge in [-0.15, -0.1) is 0 Å². The van der Waals surface area contributed by atoms with E-state index in [1.165, 1.54) is 7.11 Å². The number of pyridine rings is 1. The summed E-state index contributed by atoms with van der Waals surface area (Å²) in [6.07, 6.45) is -0.716. The van der Waals surface area contributed by atoms with E-state index in [-0.39, 0.29) is 0 Å². The molecule has 0 atom stereocenters. The van der Waals surface area contributed by atoms with E-state index < -0.39 is 17.3 Å². The zero-order valence-corrected chi connectivity index (χ0v) is 17.0. The Hall–Kier alpha value is -2.28. The zero-order chi connectivity index (χ0) is 19.5. The van der Waals surface area contributed by atoms with Crippen LogP contribution in [0.1, 0.15) is 26.5 Å². The van der Waals surface area contributed by atoms with E-state index in [0.717, 1.165) is 4.57 Å². The molecule has 26 heavy (non-hydrogen) atoms. The molecule has 0 aliphatic carbocycles. The van der Waals surface area contributed by atoms with Crippen LogP contribution in [0.25, 0.3) is 11.1 Å². The monoisotopic (exact) mass is 423 g/mol. The summed E-state index contributed by atoms with van der Waals surface area (Å²) in [6, 6.07) is 8.52. The summed E-state index contributed by atoms with van der Waals surface area (Å²) in [6.45, 7) is 5.25. The van der Waals surface area contributed by atoms with E-state index in [1.54, 1.807) is 58.2 Å². The van der Waals surface area contributed by atoms with Crippen molar-refractivity contribution in [2.24, 2.45) is 0 Å². The number of hydrogen-bond acceptors (Lipinski definition) is 5. The maximum atomic E-state index is 13.1. The fourth-order valence-corrected chi connectivity index (χ4v) is 2.85. The summed E-state index contributed by atoms with van der Waals surface area (Å²) >= 11 is 3.31. The van der Waals surface area contributed by atoms with Gasteiger partial charge in [0.1, 0.15) is 17.1 Å². The Morgan fingerprint density at radius 2 is 1.73 bits per heavy atom. The maximum absolute atomic E-state index is 13.1. The number of benzene rings is 1. The van der Waals surface area contributed by atoms with Crippen LogP contribution in [0, 0.1) is 0 Å². The highest BCUT2D eigenvalue weighted by atomic mass is 79.9. The molecule has 1 aromatic carbocycles. The molecule has 6 nitrogen and oxygen atoms in total. The fourth-order valence-electron chi connectivity index (χ4n) is 2.41. The van der Waals surface area contributed by atoms with Gasteiger partial charge in [-0.3, -0.25) is 4.79 Å². The van der Waals surface area contributed by atoms with Crippen LogP contribution in [-0.4, -0.2) is 30.5 Å². The van der Waals surface area contributed by atoms with Crippen LogP contribution in [0.15, 0.2) is 35.1 Å². The molecular weight excluding hydrogens is 402 g/mol. The highest BCUT2D eigenvalue weighted by Crippen LogP contribution is 2.32. The van der Waals surface area contributed by atoms with Crippen LogP contribution in [0.2, 0.25) is 0 Å². The Balaban J connectivity index is 2.65. The summed E-state index contributed by atoms with van der Waals surface area (Å²) in [7, 11) is 3.06. The van der Waals surface area contributed by atoms with E-state index in [9.17, 15) is 9.59 Å². The maximum Gasteiger partial charge on any atom is 0.421 e. The molecule has 0 bridgehead atoms. The van der Waals surface area contributed by atoms with Crippen LogP contribution in [-0.2, 0) is 10.1 Å². The van der Waals surface area contributed by atoms with E-state index in [1.807, 2.05) is 0 Å². The zero-order valence-electron chi connectivity index (χ0n) is 15.5. The Labute approximate surface area is 160 Å². The third-order valence-corrected chi connectivity index (χ3v) is 4.15. The first-order valence-electron chi connectivity index (χ1n) is 7.98. The molecule has 2 aromatic rings. The third-order valence-electron chi connectivity index (χ3n) is 3.57. The summed E-state index contributed by atoms with van der Waals surface area (Å²) in [4.78, 5) is 25.6. The van der Waals surface area contributed by atoms with Gasteiger partial charge in [-0.2, -0.15) is 0 Å². The molecule has 1 aromatic heterocycles. The molecule has 0 fully saturated rings. The second-order valence-electron chi connectivity index (χ2n) is 6.56. The van der Waals surface area contributed by atoms with Gasteiger partial charge in [0, 0.05) is 22.7 Å². The normalized spacial score (nSPS) is 11.2. The van der Waals surface area contributed by atoms with E-state index in [4.69, 9.17) is 14.2 Å². The highest BCUT2D eigenvalue weighted by molar-refractivity contribution is 9.08. The van der Waals surface area contributed by atoms with Gasteiger partial charge < -0.3 is 14.2 Å². The van der Waals surface area contributed by atoms with Gasteiger partial charge in [0.15, 0.2) is 0 Å². The summed E-state index contributed by atoms with van der Waals surface area (Å²) in [5, 5.41) is 0.335. The van der Waals surface area contributed by atoms with E-state index >= 15 is 0 Å². The molecule has 0 aliphatic heterocycles. The number of alkyl halides is 1. The molecule has 7 heteroatoms. The van der Waals surface area contributed by atoms with Crippen molar-refractivity contribution in [3.05, 3.63) is 46.4 Å². The van der Waals surface area contributed by atoms with E-state index in [0.29, 0.717) is 33.6 Å². The Bertz CT molecular complexity index is 867. The number of aromatic nitrogens is 1. The van der Waals surface area contributed by atoms with E-state index in [2.05, 4.69) is 15.9 Å². The van der Waals surface area contributed by atoms with Crippen molar-refractivity contribution >= 4 is 22.0 Å². The van der Waals surface area contributed by atoms with Crippen LogP contribution in [0.4, 0.5) is 4.79 Å². The number of methoxy groups -OCH3 is 2. The summed E-state index contributed by atoms with van der Waals surface area (Å²) < 4.78 is 17.0. The van der Waals surface area contributed by atoms with Gasteiger partial charge in [0.2, 0.25) is 0 Å². The second kappa shape index (κ2) is 7.95. The first-order valence-corrected chi connectivity index (χ1v) is 9.10. The first kappa shape index (κ1) is 20.0. The number of carbonyl (C=O) groups is 1. The smallest absolute Gasteiger partial charge is 0.421 e.